The van der Waals surface area contributed by atoms with Crippen LogP contribution >= 0.6 is 11.6 Å². The molecule has 1 atom stereocenters. The summed E-state index contributed by atoms with van der Waals surface area (Å²) in [6.07, 6.45) is 2.90. The van der Waals surface area contributed by atoms with Crippen LogP contribution < -0.4 is 4.74 Å². The van der Waals surface area contributed by atoms with Gasteiger partial charge in [-0.15, -0.1) is 11.6 Å². The summed E-state index contributed by atoms with van der Waals surface area (Å²) in [4.78, 5) is 4.09. The summed E-state index contributed by atoms with van der Waals surface area (Å²) in [5.74, 6) is 1.16. The zero-order valence-electron chi connectivity index (χ0n) is 7.96. The van der Waals surface area contributed by atoms with Gasteiger partial charge in [0.25, 0.3) is 0 Å². The molecule has 0 N–H and O–H groups in total. The molecule has 0 saturated heterocycles. The number of pyridine rings is 1. The van der Waals surface area contributed by atoms with Gasteiger partial charge in [-0.3, -0.25) is 0 Å². The van der Waals surface area contributed by atoms with Crippen molar-refractivity contribution in [2.45, 2.75) is 32.3 Å². The first-order valence-electron chi connectivity index (χ1n) is 4.43. The molecule has 2 nitrogen and oxygen atoms in total. The lowest BCUT2D eigenvalue weighted by atomic mass is 10.3. The van der Waals surface area contributed by atoms with Crippen molar-refractivity contribution >= 4 is 11.6 Å². The van der Waals surface area contributed by atoms with E-state index in [1.165, 1.54) is 0 Å². The summed E-state index contributed by atoms with van der Waals surface area (Å²) in [5.41, 5.74) is 1.04. The monoisotopic (exact) mass is 199 g/mol. The van der Waals surface area contributed by atoms with Crippen LogP contribution in [-0.4, -0.2) is 11.1 Å². The number of nitrogens with zero attached hydrogens (tertiary/aromatic N) is 1. The molecule has 0 spiro atoms. The highest BCUT2D eigenvalue weighted by Crippen LogP contribution is 2.13. The lowest BCUT2D eigenvalue weighted by Crippen LogP contribution is -2.10. The lowest BCUT2D eigenvalue weighted by molar-refractivity contribution is 0.208. The van der Waals surface area contributed by atoms with Gasteiger partial charge < -0.3 is 4.74 Å². The van der Waals surface area contributed by atoms with E-state index in [9.17, 15) is 0 Å². The van der Waals surface area contributed by atoms with Gasteiger partial charge in [0.05, 0.1) is 6.10 Å². The van der Waals surface area contributed by atoms with Gasteiger partial charge in [-0.2, -0.15) is 0 Å². The maximum Gasteiger partial charge on any atom is 0.213 e. The smallest absolute Gasteiger partial charge is 0.213 e. The van der Waals surface area contributed by atoms with E-state index in [4.69, 9.17) is 16.3 Å². The van der Waals surface area contributed by atoms with Crippen LogP contribution in [0.2, 0.25) is 0 Å². The maximum absolute atomic E-state index is 5.69. The third-order valence-electron chi connectivity index (χ3n) is 1.85. The van der Waals surface area contributed by atoms with Crippen molar-refractivity contribution in [1.82, 2.24) is 4.98 Å². The van der Waals surface area contributed by atoms with Crippen molar-refractivity contribution in [3.63, 3.8) is 0 Å². The molecule has 0 aliphatic heterocycles. The quantitative estimate of drug-likeness (QED) is 0.696. The average molecular weight is 200 g/mol. The first-order valence-corrected chi connectivity index (χ1v) is 4.97. The van der Waals surface area contributed by atoms with Gasteiger partial charge >= 0.3 is 0 Å². The average Bonchev–Trinajstić information content (AvgIpc) is 2.18. The van der Waals surface area contributed by atoms with E-state index in [-0.39, 0.29) is 6.10 Å². The predicted octanol–water partition coefficient (Wildman–Crippen LogP) is 3.00. The number of aromatic nitrogens is 1. The summed E-state index contributed by atoms with van der Waals surface area (Å²) in [6, 6.07) is 3.76. The molecule has 0 fully saturated rings. The van der Waals surface area contributed by atoms with Gasteiger partial charge in [-0.25, -0.2) is 4.98 Å². The van der Waals surface area contributed by atoms with Gasteiger partial charge in [-0.1, -0.05) is 6.92 Å². The van der Waals surface area contributed by atoms with Crippen molar-refractivity contribution in [2.75, 3.05) is 0 Å². The molecule has 0 amide bonds. The largest absolute Gasteiger partial charge is 0.475 e. The number of alkyl halides is 1. The van der Waals surface area contributed by atoms with Crippen molar-refractivity contribution in [3.05, 3.63) is 23.9 Å². The van der Waals surface area contributed by atoms with E-state index < -0.39 is 0 Å². The van der Waals surface area contributed by atoms with E-state index in [1.807, 2.05) is 19.1 Å². The SMILES string of the molecule is CCC(C)Oc1cc(CCl)ccn1. The molecule has 72 valence electrons. The Morgan fingerprint density at radius 1 is 1.62 bits per heavy atom. The summed E-state index contributed by atoms with van der Waals surface area (Å²) >= 11 is 5.69. The van der Waals surface area contributed by atoms with E-state index >= 15 is 0 Å². The first-order chi connectivity index (χ1) is 6.26. The fraction of sp³-hybridized carbons (Fsp3) is 0.500. The van der Waals surface area contributed by atoms with Crippen LogP contribution in [0, 0.1) is 0 Å². The van der Waals surface area contributed by atoms with Crippen molar-refractivity contribution in [2.24, 2.45) is 0 Å². The van der Waals surface area contributed by atoms with Crippen LogP contribution in [0.5, 0.6) is 5.88 Å². The highest BCUT2D eigenvalue weighted by Gasteiger charge is 2.02. The van der Waals surface area contributed by atoms with Gasteiger partial charge in [0.2, 0.25) is 5.88 Å². The van der Waals surface area contributed by atoms with Crippen molar-refractivity contribution < 1.29 is 4.74 Å². The standard InChI is InChI=1S/C10H14ClNO/c1-3-8(2)13-10-6-9(7-11)4-5-12-10/h4-6,8H,3,7H2,1-2H3. The third-order valence-corrected chi connectivity index (χ3v) is 2.16. The van der Waals surface area contributed by atoms with Gasteiger partial charge in [-0.05, 0) is 25.0 Å². The van der Waals surface area contributed by atoms with Crippen LogP contribution in [0.3, 0.4) is 0 Å². The molecule has 0 aliphatic rings. The predicted molar refractivity (Wildman–Crippen MR) is 54.2 cm³/mol. The summed E-state index contributed by atoms with van der Waals surface area (Å²) in [7, 11) is 0. The Morgan fingerprint density at radius 3 is 3.00 bits per heavy atom. The molecule has 1 aromatic heterocycles. The molecule has 0 aliphatic carbocycles. The fourth-order valence-corrected chi connectivity index (χ4v) is 1.05. The number of hydrogen-bond acceptors (Lipinski definition) is 2. The Balaban J connectivity index is 2.66. The second kappa shape index (κ2) is 5.07. The highest BCUT2D eigenvalue weighted by atomic mass is 35.5. The molecule has 1 unspecified atom stereocenters. The van der Waals surface area contributed by atoms with Crippen molar-refractivity contribution in [3.8, 4) is 5.88 Å². The Morgan fingerprint density at radius 2 is 2.38 bits per heavy atom. The minimum absolute atomic E-state index is 0.207. The lowest BCUT2D eigenvalue weighted by Gasteiger charge is -2.11. The van der Waals surface area contributed by atoms with Crippen LogP contribution in [0.15, 0.2) is 18.3 Å². The number of rotatable bonds is 4. The molecule has 3 heteroatoms. The van der Waals surface area contributed by atoms with Crippen molar-refractivity contribution in [1.29, 1.82) is 0 Å². The van der Waals surface area contributed by atoms with Crippen LogP contribution in [0.4, 0.5) is 0 Å². The summed E-state index contributed by atoms with van der Waals surface area (Å²) in [6.45, 7) is 4.10. The molecular weight excluding hydrogens is 186 g/mol. The van der Waals surface area contributed by atoms with Crippen LogP contribution in [0.25, 0.3) is 0 Å². The Bertz CT molecular complexity index is 265. The number of halogens is 1. The zero-order valence-corrected chi connectivity index (χ0v) is 8.71. The van der Waals surface area contributed by atoms with E-state index in [2.05, 4.69) is 11.9 Å². The molecular formula is C10H14ClNO. The van der Waals surface area contributed by atoms with Gasteiger partial charge in [0.1, 0.15) is 0 Å². The second-order valence-corrected chi connectivity index (χ2v) is 3.24. The van der Waals surface area contributed by atoms with E-state index in [0.29, 0.717) is 11.8 Å². The normalized spacial score (nSPS) is 12.5. The summed E-state index contributed by atoms with van der Waals surface area (Å²) < 4.78 is 5.54. The molecule has 0 radical (unpaired) electrons. The zero-order chi connectivity index (χ0) is 9.68. The highest BCUT2D eigenvalue weighted by molar-refractivity contribution is 6.17. The molecule has 0 saturated carbocycles. The van der Waals surface area contributed by atoms with E-state index in [0.717, 1.165) is 12.0 Å². The summed E-state index contributed by atoms with van der Waals surface area (Å²) in [5, 5.41) is 0. The molecule has 1 aromatic rings. The minimum Gasteiger partial charge on any atom is -0.475 e. The molecule has 0 aromatic carbocycles. The van der Waals surface area contributed by atoms with E-state index in [1.54, 1.807) is 6.20 Å². The minimum atomic E-state index is 0.207. The van der Waals surface area contributed by atoms with Gasteiger partial charge in [0, 0.05) is 18.1 Å². The Kier molecular flexibility index (Phi) is 4.03. The maximum atomic E-state index is 5.69. The van der Waals surface area contributed by atoms with Crippen LogP contribution in [-0.2, 0) is 5.88 Å². The molecule has 1 heterocycles. The third kappa shape index (κ3) is 3.23. The molecule has 0 bridgehead atoms. The second-order valence-electron chi connectivity index (χ2n) is 2.97. The topological polar surface area (TPSA) is 22.1 Å². The fourth-order valence-electron chi connectivity index (χ4n) is 0.887. The van der Waals surface area contributed by atoms with Crippen LogP contribution in [0.1, 0.15) is 25.8 Å². The van der Waals surface area contributed by atoms with Gasteiger partial charge in [0.15, 0.2) is 0 Å². The molecule has 13 heavy (non-hydrogen) atoms. The molecule has 1 rings (SSSR count). The number of hydrogen-bond donors (Lipinski definition) is 0. The Labute approximate surface area is 83.9 Å². The number of ether oxygens (including phenoxy) is 1. The first kappa shape index (κ1) is 10.3. The Hall–Kier alpha value is -0.760.